The molecule has 3 heterocycles. The zero-order valence-corrected chi connectivity index (χ0v) is 18.2. The Morgan fingerprint density at radius 3 is 2.79 bits per heavy atom. The van der Waals surface area contributed by atoms with Gasteiger partial charge >= 0.3 is 0 Å². The van der Waals surface area contributed by atoms with E-state index in [1.165, 1.54) is 6.42 Å². The summed E-state index contributed by atoms with van der Waals surface area (Å²) < 4.78 is 2.92. The van der Waals surface area contributed by atoms with Crippen molar-refractivity contribution in [3.8, 4) is 11.8 Å². The second-order valence-corrected chi connectivity index (χ2v) is 8.80. The molecule has 0 aliphatic carbocycles. The van der Waals surface area contributed by atoms with Crippen LogP contribution < -0.4 is 0 Å². The van der Waals surface area contributed by atoms with Crippen LogP contribution in [0.3, 0.4) is 0 Å². The lowest BCUT2D eigenvalue weighted by Gasteiger charge is -2.30. The molecule has 0 bridgehead atoms. The molecule has 29 heavy (non-hydrogen) atoms. The van der Waals surface area contributed by atoms with Crippen LogP contribution in [0.4, 0.5) is 0 Å². The Hall–Kier alpha value is -2.49. The fourth-order valence-electron chi connectivity index (χ4n) is 4.32. The first-order valence-electron chi connectivity index (χ1n) is 9.90. The van der Waals surface area contributed by atoms with Crippen molar-refractivity contribution in [1.82, 2.24) is 14.5 Å². The highest BCUT2D eigenvalue weighted by atomic mass is 79.9. The first-order valence-corrected chi connectivity index (χ1v) is 10.7. The maximum atomic E-state index is 13.3. The van der Waals surface area contributed by atoms with E-state index in [2.05, 4.69) is 43.4 Å². The third-order valence-electron chi connectivity index (χ3n) is 5.65. The molecule has 4 rings (SSSR count). The minimum absolute atomic E-state index is 0.115. The van der Waals surface area contributed by atoms with E-state index in [0.29, 0.717) is 23.6 Å². The molecule has 0 radical (unpaired) electrons. The number of hydrogen-bond acceptors (Lipinski definition) is 4. The van der Waals surface area contributed by atoms with Gasteiger partial charge in [0.1, 0.15) is 0 Å². The molecule has 1 aliphatic heterocycles. The van der Waals surface area contributed by atoms with Crippen LogP contribution in [-0.4, -0.2) is 39.9 Å². The van der Waals surface area contributed by atoms with Crippen molar-refractivity contribution in [3.63, 3.8) is 0 Å². The number of fused-ring (bicyclic) bond motifs is 1. The molecular weight excluding hydrogens is 428 g/mol. The topological polar surface area (TPSA) is 61.9 Å². The van der Waals surface area contributed by atoms with Crippen molar-refractivity contribution in [3.05, 3.63) is 57.8 Å². The summed E-state index contributed by atoms with van der Waals surface area (Å²) in [6, 6.07) is 11.6. The molecule has 148 valence electrons. The Labute approximate surface area is 179 Å². The first-order chi connectivity index (χ1) is 14.0. The highest BCUT2D eigenvalue weighted by Gasteiger charge is 2.25. The van der Waals surface area contributed by atoms with Crippen molar-refractivity contribution in [2.24, 2.45) is 5.92 Å². The molecule has 1 atom stereocenters. The van der Waals surface area contributed by atoms with Crippen molar-refractivity contribution in [2.45, 2.75) is 26.7 Å². The zero-order valence-electron chi connectivity index (χ0n) is 16.7. The van der Waals surface area contributed by atoms with E-state index in [-0.39, 0.29) is 5.78 Å². The van der Waals surface area contributed by atoms with E-state index in [0.717, 1.165) is 46.4 Å². The van der Waals surface area contributed by atoms with Crippen molar-refractivity contribution >= 4 is 32.7 Å². The minimum Gasteiger partial charge on any atom is -0.311 e. The lowest BCUT2D eigenvalue weighted by Crippen LogP contribution is -2.38. The van der Waals surface area contributed by atoms with E-state index in [4.69, 9.17) is 5.26 Å². The highest BCUT2D eigenvalue weighted by molar-refractivity contribution is 9.10. The molecule has 2 aromatic heterocycles. The predicted octanol–water partition coefficient (Wildman–Crippen LogP) is 4.88. The number of halogens is 1. The SMILES string of the molecule is Cc1c(C(=O)CN2CCC[C@H](C)C2)c2ncc(Br)cc2n1-c1ccc(C#N)cc1. The van der Waals surface area contributed by atoms with Crippen LogP contribution in [0.2, 0.25) is 0 Å². The van der Waals surface area contributed by atoms with Gasteiger partial charge in [-0.25, -0.2) is 0 Å². The average molecular weight is 451 g/mol. The molecule has 5 nitrogen and oxygen atoms in total. The lowest BCUT2D eigenvalue weighted by molar-refractivity contribution is 0.0894. The molecule has 1 fully saturated rings. The number of aromatic nitrogens is 2. The summed E-state index contributed by atoms with van der Waals surface area (Å²) in [6.45, 7) is 6.59. The second-order valence-electron chi connectivity index (χ2n) is 7.88. The van der Waals surface area contributed by atoms with Crippen LogP contribution in [0.15, 0.2) is 41.0 Å². The minimum atomic E-state index is 0.115. The van der Waals surface area contributed by atoms with Gasteiger partial charge in [0.15, 0.2) is 5.78 Å². The summed E-state index contributed by atoms with van der Waals surface area (Å²) in [5.74, 6) is 0.746. The Morgan fingerprint density at radius 1 is 1.34 bits per heavy atom. The summed E-state index contributed by atoms with van der Waals surface area (Å²) in [5, 5.41) is 9.09. The number of carbonyl (C=O) groups excluding carboxylic acids is 1. The van der Waals surface area contributed by atoms with E-state index in [1.54, 1.807) is 18.3 Å². The Morgan fingerprint density at radius 2 is 2.10 bits per heavy atom. The average Bonchev–Trinajstić information content (AvgIpc) is 2.99. The number of likely N-dealkylation sites (tertiary alicyclic amines) is 1. The number of pyridine rings is 1. The fourth-order valence-corrected chi connectivity index (χ4v) is 4.64. The number of carbonyl (C=O) groups is 1. The van der Waals surface area contributed by atoms with E-state index in [9.17, 15) is 4.79 Å². The van der Waals surface area contributed by atoms with Gasteiger partial charge < -0.3 is 4.57 Å². The van der Waals surface area contributed by atoms with Gasteiger partial charge in [-0.15, -0.1) is 0 Å². The summed E-state index contributed by atoms with van der Waals surface area (Å²) in [7, 11) is 0. The van der Waals surface area contributed by atoms with E-state index < -0.39 is 0 Å². The fraction of sp³-hybridized carbons (Fsp3) is 0.348. The highest BCUT2D eigenvalue weighted by Crippen LogP contribution is 2.30. The smallest absolute Gasteiger partial charge is 0.180 e. The molecule has 0 unspecified atom stereocenters. The summed E-state index contributed by atoms with van der Waals surface area (Å²) in [4.78, 5) is 20.2. The largest absolute Gasteiger partial charge is 0.311 e. The quantitative estimate of drug-likeness (QED) is 0.531. The number of Topliss-reactive ketones (excluding diaryl/α,β-unsaturated/α-hetero) is 1. The third kappa shape index (κ3) is 3.85. The molecule has 0 spiro atoms. The summed E-state index contributed by atoms with van der Waals surface area (Å²) >= 11 is 3.51. The molecule has 1 aliphatic rings. The maximum Gasteiger partial charge on any atom is 0.180 e. The van der Waals surface area contributed by atoms with Gasteiger partial charge in [0.05, 0.1) is 34.8 Å². The molecule has 0 amide bonds. The summed E-state index contributed by atoms with van der Waals surface area (Å²) in [5.41, 5.74) is 4.71. The van der Waals surface area contributed by atoms with Crippen molar-refractivity contribution in [2.75, 3.05) is 19.6 Å². The van der Waals surface area contributed by atoms with Crippen molar-refractivity contribution < 1.29 is 4.79 Å². The molecule has 0 saturated carbocycles. The lowest BCUT2D eigenvalue weighted by atomic mass is 9.99. The number of nitriles is 1. The molecule has 6 heteroatoms. The van der Waals surface area contributed by atoms with Crippen LogP contribution in [0.1, 0.15) is 41.4 Å². The molecule has 0 N–H and O–H groups in total. The molecule has 1 aromatic carbocycles. The Bertz CT molecular complexity index is 1110. The van der Waals surface area contributed by atoms with Gasteiger partial charge in [-0.2, -0.15) is 5.26 Å². The van der Waals surface area contributed by atoms with Crippen LogP contribution in [-0.2, 0) is 0 Å². The number of piperidine rings is 1. The van der Waals surface area contributed by atoms with E-state index >= 15 is 0 Å². The zero-order chi connectivity index (χ0) is 20.5. The van der Waals surface area contributed by atoms with Crippen LogP contribution in [0, 0.1) is 24.2 Å². The van der Waals surface area contributed by atoms with Crippen LogP contribution >= 0.6 is 15.9 Å². The Balaban J connectivity index is 1.79. The van der Waals surface area contributed by atoms with Crippen molar-refractivity contribution in [1.29, 1.82) is 5.26 Å². The van der Waals surface area contributed by atoms with Gasteiger partial charge in [-0.3, -0.25) is 14.7 Å². The summed E-state index contributed by atoms with van der Waals surface area (Å²) in [6.07, 6.45) is 4.12. The first kappa shape index (κ1) is 19.8. The normalized spacial score (nSPS) is 17.4. The van der Waals surface area contributed by atoms with Gasteiger partial charge in [-0.05, 0) is 78.5 Å². The number of ketones is 1. The molecule has 3 aromatic rings. The van der Waals surface area contributed by atoms with Gasteiger partial charge in [-0.1, -0.05) is 6.92 Å². The molecular formula is C23H23BrN4O. The second kappa shape index (κ2) is 8.10. The van der Waals surface area contributed by atoms with Gasteiger partial charge in [0, 0.05) is 28.6 Å². The Kier molecular flexibility index (Phi) is 5.53. The third-order valence-corrected chi connectivity index (χ3v) is 6.08. The standard InChI is InChI=1S/C23H23BrN4O/c1-15-4-3-9-27(13-15)14-21(29)22-16(2)28(19-7-5-17(11-25)6-8-19)20-10-18(24)12-26-23(20)22/h5-8,10,12,15H,3-4,9,13-14H2,1-2H3/t15-/m0/s1. The predicted molar refractivity (Wildman–Crippen MR) is 117 cm³/mol. The number of nitrogens with zero attached hydrogens (tertiary/aromatic N) is 4. The van der Waals surface area contributed by atoms with Gasteiger partial charge in [0.2, 0.25) is 0 Å². The number of rotatable bonds is 4. The number of hydrogen-bond donors (Lipinski definition) is 0. The molecule has 1 saturated heterocycles. The van der Waals surface area contributed by atoms with Gasteiger partial charge in [0.25, 0.3) is 0 Å². The van der Waals surface area contributed by atoms with E-state index in [1.807, 2.05) is 25.1 Å². The van der Waals surface area contributed by atoms with Crippen LogP contribution in [0.5, 0.6) is 0 Å². The maximum absolute atomic E-state index is 13.3. The monoisotopic (exact) mass is 450 g/mol. The number of benzene rings is 1. The van der Waals surface area contributed by atoms with Crippen LogP contribution in [0.25, 0.3) is 16.7 Å².